The van der Waals surface area contributed by atoms with Crippen molar-refractivity contribution in [2.45, 2.75) is 20.4 Å². The van der Waals surface area contributed by atoms with Crippen molar-refractivity contribution in [1.82, 2.24) is 19.6 Å². The molecular weight excluding hydrogens is 226 g/mol. The number of nitrogens with zero attached hydrogens (tertiary/aromatic N) is 4. The first-order valence-corrected chi connectivity index (χ1v) is 5.37. The van der Waals surface area contributed by atoms with E-state index < -0.39 is 0 Å². The van der Waals surface area contributed by atoms with Gasteiger partial charge >= 0.3 is 0 Å². The summed E-state index contributed by atoms with van der Waals surface area (Å²) in [4.78, 5) is 0. The largest absolute Gasteiger partial charge is 0.326 e. The number of aryl methyl sites for hydroxylation is 3. The van der Waals surface area contributed by atoms with Crippen LogP contribution in [0, 0.1) is 13.8 Å². The molecule has 0 amide bonds. The molecule has 2 aromatic heterocycles. The zero-order valence-corrected chi connectivity index (χ0v) is 10.3. The number of rotatable bonds is 2. The molecule has 2 heterocycles. The maximum absolute atomic E-state index is 5.99. The van der Waals surface area contributed by atoms with Gasteiger partial charge in [-0.3, -0.25) is 4.68 Å². The minimum atomic E-state index is 0.436. The van der Waals surface area contributed by atoms with Gasteiger partial charge in [0.2, 0.25) is 0 Å². The summed E-state index contributed by atoms with van der Waals surface area (Å²) in [6.45, 7) is 4.24. The third-order valence-corrected chi connectivity index (χ3v) is 2.94. The summed E-state index contributed by atoms with van der Waals surface area (Å²) in [7, 11) is 1.87. The van der Waals surface area contributed by atoms with Crippen LogP contribution in [0.5, 0.6) is 0 Å². The van der Waals surface area contributed by atoms with Gasteiger partial charge in [0, 0.05) is 19.2 Å². The van der Waals surface area contributed by atoms with Crippen LogP contribution in [0.3, 0.4) is 0 Å². The van der Waals surface area contributed by atoms with Crippen LogP contribution in [0.2, 0.25) is 5.02 Å². The van der Waals surface area contributed by atoms with Crippen molar-refractivity contribution in [1.29, 1.82) is 0 Å². The normalized spacial score (nSPS) is 11.1. The molecule has 86 valence electrons. The molecule has 0 saturated carbocycles. The highest BCUT2D eigenvalue weighted by Gasteiger charge is 2.15. The number of nitrogens with two attached hydrogens (primary N) is 1. The minimum Gasteiger partial charge on any atom is -0.326 e. The molecule has 0 aliphatic carbocycles. The lowest BCUT2D eigenvalue weighted by Crippen LogP contribution is -2.08. The molecule has 16 heavy (non-hydrogen) atoms. The van der Waals surface area contributed by atoms with Crippen molar-refractivity contribution in [3.05, 3.63) is 28.2 Å². The van der Waals surface area contributed by atoms with E-state index in [1.807, 2.05) is 20.9 Å². The van der Waals surface area contributed by atoms with Crippen LogP contribution in [0.4, 0.5) is 0 Å². The number of halogens is 1. The second kappa shape index (κ2) is 3.92. The lowest BCUT2D eigenvalue weighted by molar-refractivity contribution is 0.688. The van der Waals surface area contributed by atoms with E-state index in [1.54, 1.807) is 15.6 Å². The Morgan fingerprint density at radius 3 is 2.50 bits per heavy atom. The van der Waals surface area contributed by atoms with E-state index >= 15 is 0 Å². The van der Waals surface area contributed by atoms with Crippen molar-refractivity contribution in [2.24, 2.45) is 12.8 Å². The quantitative estimate of drug-likeness (QED) is 0.860. The second-order valence-corrected chi connectivity index (χ2v) is 4.13. The minimum absolute atomic E-state index is 0.436. The van der Waals surface area contributed by atoms with Crippen molar-refractivity contribution in [3.63, 3.8) is 0 Å². The highest BCUT2D eigenvalue weighted by molar-refractivity contribution is 6.31. The van der Waals surface area contributed by atoms with Crippen LogP contribution in [-0.4, -0.2) is 19.6 Å². The highest BCUT2D eigenvalue weighted by atomic mass is 35.5. The SMILES string of the molecule is Cc1nn(-c2c(CN)c(C)nn2C)cc1Cl. The van der Waals surface area contributed by atoms with Crippen LogP contribution in [0.25, 0.3) is 5.82 Å². The van der Waals surface area contributed by atoms with Crippen molar-refractivity contribution < 1.29 is 0 Å². The average Bonchev–Trinajstić information content (AvgIpc) is 2.67. The smallest absolute Gasteiger partial charge is 0.156 e. The zero-order chi connectivity index (χ0) is 11.9. The Balaban J connectivity index is 2.63. The Hall–Kier alpha value is -1.33. The molecule has 0 bridgehead atoms. The van der Waals surface area contributed by atoms with Crippen LogP contribution >= 0.6 is 11.6 Å². The summed E-state index contributed by atoms with van der Waals surface area (Å²) in [6, 6.07) is 0. The van der Waals surface area contributed by atoms with E-state index in [0.29, 0.717) is 11.6 Å². The number of hydrogen-bond donors (Lipinski definition) is 1. The first-order chi connectivity index (χ1) is 7.54. The van der Waals surface area contributed by atoms with Gasteiger partial charge < -0.3 is 5.73 Å². The molecule has 6 heteroatoms. The number of aromatic nitrogens is 4. The van der Waals surface area contributed by atoms with Crippen LogP contribution < -0.4 is 5.73 Å². The molecule has 0 atom stereocenters. The van der Waals surface area contributed by atoms with Gasteiger partial charge in [0.25, 0.3) is 0 Å². The van der Waals surface area contributed by atoms with Crippen molar-refractivity contribution in [3.8, 4) is 5.82 Å². The molecule has 0 saturated heterocycles. The van der Waals surface area contributed by atoms with E-state index in [0.717, 1.165) is 22.8 Å². The Kier molecular flexibility index (Phi) is 2.73. The maximum atomic E-state index is 5.99. The van der Waals surface area contributed by atoms with Gasteiger partial charge in [0.05, 0.1) is 22.6 Å². The third-order valence-electron chi connectivity index (χ3n) is 2.57. The fourth-order valence-corrected chi connectivity index (χ4v) is 1.89. The summed E-state index contributed by atoms with van der Waals surface area (Å²) in [5.41, 5.74) is 8.42. The van der Waals surface area contributed by atoms with Gasteiger partial charge in [0.1, 0.15) is 0 Å². The standard InChI is InChI=1S/C10H14ClN5/c1-6-8(4-12)10(15(3)13-6)16-5-9(11)7(2)14-16/h5H,4,12H2,1-3H3. The van der Waals surface area contributed by atoms with Gasteiger partial charge in [-0.15, -0.1) is 0 Å². The van der Waals surface area contributed by atoms with E-state index in [-0.39, 0.29) is 0 Å². The molecule has 0 spiro atoms. The third kappa shape index (κ3) is 1.62. The van der Waals surface area contributed by atoms with Gasteiger partial charge in [-0.1, -0.05) is 11.6 Å². The molecule has 0 aliphatic heterocycles. The summed E-state index contributed by atoms with van der Waals surface area (Å²) in [6.07, 6.45) is 1.77. The molecule has 0 fully saturated rings. The molecule has 5 nitrogen and oxygen atoms in total. The lowest BCUT2D eigenvalue weighted by atomic mass is 10.2. The highest BCUT2D eigenvalue weighted by Crippen LogP contribution is 2.20. The van der Waals surface area contributed by atoms with E-state index in [4.69, 9.17) is 17.3 Å². The predicted octanol–water partition coefficient (Wildman–Crippen LogP) is 1.33. The summed E-state index contributed by atoms with van der Waals surface area (Å²) in [5.74, 6) is 0.870. The average molecular weight is 240 g/mol. The Bertz CT molecular complexity index is 506. The fourth-order valence-electron chi connectivity index (χ4n) is 1.76. The lowest BCUT2D eigenvalue weighted by Gasteiger charge is -2.04. The van der Waals surface area contributed by atoms with Crippen LogP contribution in [0.15, 0.2) is 6.20 Å². The van der Waals surface area contributed by atoms with Gasteiger partial charge in [-0.2, -0.15) is 10.2 Å². The fraction of sp³-hybridized carbons (Fsp3) is 0.400. The van der Waals surface area contributed by atoms with Crippen molar-refractivity contribution in [2.75, 3.05) is 0 Å². The van der Waals surface area contributed by atoms with Crippen LogP contribution in [0.1, 0.15) is 17.0 Å². The maximum Gasteiger partial charge on any atom is 0.156 e. The Morgan fingerprint density at radius 1 is 1.31 bits per heavy atom. The van der Waals surface area contributed by atoms with Gasteiger partial charge in [-0.05, 0) is 13.8 Å². The molecular formula is C10H14ClN5. The molecule has 2 rings (SSSR count). The van der Waals surface area contributed by atoms with Gasteiger partial charge in [-0.25, -0.2) is 4.68 Å². The van der Waals surface area contributed by atoms with Gasteiger partial charge in [0.15, 0.2) is 5.82 Å². The summed E-state index contributed by atoms with van der Waals surface area (Å²) < 4.78 is 3.49. The number of hydrogen-bond acceptors (Lipinski definition) is 3. The summed E-state index contributed by atoms with van der Waals surface area (Å²) >= 11 is 5.99. The molecule has 0 aliphatic rings. The Morgan fingerprint density at radius 2 is 2.00 bits per heavy atom. The van der Waals surface area contributed by atoms with E-state index in [9.17, 15) is 0 Å². The van der Waals surface area contributed by atoms with Crippen LogP contribution in [-0.2, 0) is 13.6 Å². The summed E-state index contributed by atoms with van der Waals surface area (Å²) in [5, 5.41) is 9.30. The van der Waals surface area contributed by atoms with Crippen molar-refractivity contribution >= 4 is 11.6 Å². The topological polar surface area (TPSA) is 61.7 Å². The molecule has 0 unspecified atom stereocenters. The second-order valence-electron chi connectivity index (χ2n) is 3.72. The molecule has 2 aromatic rings. The monoisotopic (exact) mass is 239 g/mol. The zero-order valence-electron chi connectivity index (χ0n) is 9.53. The van der Waals surface area contributed by atoms with E-state index in [1.165, 1.54) is 0 Å². The molecule has 2 N–H and O–H groups in total. The molecule has 0 radical (unpaired) electrons. The molecule has 0 aromatic carbocycles. The Labute approximate surface area is 98.8 Å². The first-order valence-electron chi connectivity index (χ1n) is 4.99. The first kappa shape index (κ1) is 11.2. The predicted molar refractivity (Wildman–Crippen MR) is 62.7 cm³/mol. The van der Waals surface area contributed by atoms with E-state index in [2.05, 4.69) is 10.2 Å².